The maximum absolute atomic E-state index is 14.8. The van der Waals surface area contributed by atoms with Gasteiger partial charge in [-0.2, -0.15) is 5.10 Å². The van der Waals surface area contributed by atoms with Crippen LogP contribution in [0.2, 0.25) is 0 Å². The first-order chi connectivity index (χ1) is 10.8. The molecule has 3 aromatic rings. The number of aryl methyl sites for hydroxylation is 1. The summed E-state index contributed by atoms with van der Waals surface area (Å²) in [5.41, 5.74) is 1.75. The van der Waals surface area contributed by atoms with E-state index in [4.69, 9.17) is 0 Å². The van der Waals surface area contributed by atoms with Crippen molar-refractivity contribution in [1.82, 2.24) is 14.6 Å². The van der Waals surface area contributed by atoms with Crippen molar-refractivity contribution in [2.45, 2.75) is 19.5 Å². The molecule has 4 nitrogen and oxygen atoms in total. The van der Waals surface area contributed by atoms with Gasteiger partial charge >= 0.3 is 6.36 Å². The SMILES string of the molecule is Cc1cc(C(F)c2ccc(OC(F)(F)F)cc2)n2ncnc2c1. The van der Waals surface area contributed by atoms with Gasteiger partial charge in [-0.25, -0.2) is 13.9 Å². The van der Waals surface area contributed by atoms with E-state index in [1.165, 1.54) is 23.0 Å². The smallest absolute Gasteiger partial charge is 0.406 e. The predicted octanol–water partition coefficient (Wildman–Crippen LogP) is 4.00. The van der Waals surface area contributed by atoms with E-state index < -0.39 is 18.3 Å². The summed E-state index contributed by atoms with van der Waals surface area (Å²) < 4.78 is 56.3. The van der Waals surface area contributed by atoms with E-state index in [2.05, 4.69) is 14.8 Å². The predicted molar refractivity (Wildman–Crippen MR) is 73.8 cm³/mol. The van der Waals surface area contributed by atoms with Crippen LogP contribution in [0.25, 0.3) is 5.65 Å². The fourth-order valence-corrected chi connectivity index (χ4v) is 2.28. The molecule has 0 spiro atoms. The third-order valence-corrected chi connectivity index (χ3v) is 3.22. The minimum atomic E-state index is -4.78. The van der Waals surface area contributed by atoms with Crippen LogP contribution in [0.5, 0.6) is 5.75 Å². The van der Waals surface area contributed by atoms with Gasteiger partial charge < -0.3 is 4.74 Å². The molecule has 2 aromatic heterocycles. The van der Waals surface area contributed by atoms with E-state index in [1.807, 2.05) is 0 Å². The summed E-state index contributed by atoms with van der Waals surface area (Å²) in [4.78, 5) is 4.01. The van der Waals surface area contributed by atoms with Crippen LogP contribution in [0.15, 0.2) is 42.7 Å². The molecule has 1 atom stereocenters. The largest absolute Gasteiger partial charge is 0.573 e. The van der Waals surface area contributed by atoms with Gasteiger partial charge in [0, 0.05) is 0 Å². The summed E-state index contributed by atoms with van der Waals surface area (Å²) >= 11 is 0. The Balaban J connectivity index is 1.93. The van der Waals surface area contributed by atoms with Gasteiger partial charge in [0.15, 0.2) is 11.8 Å². The Morgan fingerprint density at radius 2 is 1.83 bits per heavy atom. The number of ether oxygens (including phenoxy) is 1. The van der Waals surface area contributed by atoms with Crippen LogP contribution < -0.4 is 4.74 Å². The van der Waals surface area contributed by atoms with Crippen LogP contribution >= 0.6 is 0 Å². The number of hydrogen-bond donors (Lipinski definition) is 0. The van der Waals surface area contributed by atoms with Gasteiger partial charge in [0.25, 0.3) is 0 Å². The lowest BCUT2D eigenvalue weighted by Gasteiger charge is -2.13. The van der Waals surface area contributed by atoms with Crippen molar-refractivity contribution in [3.05, 3.63) is 59.5 Å². The van der Waals surface area contributed by atoms with Crippen LogP contribution in [0.1, 0.15) is 23.0 Å². The van der Waals surface area contributed by atoms with Gasteiger partial charge in [-0.05, 0) is 42.3 Å². The Labute approximate surface area is 128 Å². The van der Waals surface area contributed by atoms with Gasteiger partial charge in [0.05, 0.1) is 5.69 Å². The van der Waals surface area contributed by atoms with Crippen molar-refractivity contribution in [3.8, 4) is 5.75 Å². The fourth-order valence-electron chi connectivity index (χ4n) is 2.28. The number of halogens is 4. The quantitative estimate of drug-likeness (QED) is 0.684. The summed E-state index contributed by atoms with van der Waals surface area (Å²) in [6.07, 6.45) is -5.02. The summed E-state index contributed by atoms with van der Waals surface area (Å²) in [6.45, 7) is 1.80. The molecule has 3 rings (SSSR count). The molecule has 120 valence electrons. The molecule has 0 aliphatic heterocycles. The molecule has 1 aromatic carbocycles. The lowest BCUT2D eigenvalue weighted by molar-refractivity contribution is -0.274. The van der Waals surface area contributed by atoms with Crippen LogP contribution in [0.3, 0.4) is 0 Å². The van der Waals surface area contributed by atoms with Crippen LogP contribution in [0.4, 0.5) is 17.6 Å². The first kappa shape index (κ1) is 15.3. The maximum Gasteiger partial charge on any atom is 0.573 e. The third kappa shape index (κ3) is 3.25. The van der Waals surface area contributed by atoms with Crippen molar-refractivity contribution in [3.63, 3.8) is 0 Å². The monoisotopic (exact) mass is 325 g/mol. The van der Waals surface area contributed by atoms with E-state index in [0.29, 0.717) is 5.65 Å². The zero-order valence-corrected chi connectivity index (χ0v) is 11.9. The molecule has 0 aliphatic carbocycles. The van der Waals surface area contributed by atoms with Gasteiger partial charge in [0.2, 0.25) is 0 Å². The van der Waals surface area contributed by atoms with E-state index in [9.17, 15) is 17.6 Å². The van der Waals surface area contributed by atoms with Gasteiger partial charge in [-0.1, -0.05) is 12.1 Å². The summed E-state index contributed by atoms with van der Waals surface area (Å²) in [7, 11) is 0. The standard InChI is InChI=1S/C15H11F4N3O/c1-9-6-12(22-13(7-9)20-8-21-22)14(16)10-2-4-11(5-3-10)23-15(17,18)19/h2-8,14H,1H3. The Morgan fingerprint density at radius 3 is 2.48 bits per heavy atom. The number of fused-ring (bicyclic) bond motifs is 1. The van der Waals surface area contributed by atoms with E-state index in [0.717, 1.165) is 17.7 Å². The van der Waals surface area contributed by atoms with Crippen LogP contribution in [0, 0.1) is 6.92 Å². The normalized spacial score (nSPS) is 13.3. The molecule has 1 unspecified atom stereocenters. The summed E-state index contributed by atoms with van der Waals surface area (Å²) in [6, 6.07) is 8.01. The molecule has 0 saturated heterocycles. The second kappa shape index (κ2) is 5.53. The topological polar surface area (TPSA) is 39.4 Å². The molecular weight excluding hydrogens is 314 g/mol. The first-order valence-electron chi connectivity index (χ1n) is 6.63. The van der Waals surface area contributed by atoms with Crippen molar-refractivity contribution < 1.29 is 22.3 Å². The van der Waals surface area contributed by atoms with E-state index >= 15 is 0 Å². The molecule has 0 fully saturated rings. The number of aromatic nitrogens is 3. The number of nitrogens with zero attached hydrogens (tertiary/aromatic N) is 3. The summed E-state index contributed by atoms with van der Waals surface area (Å²) in [5.74, 6) is -0.399. The Bertz CT molecular complexity index is 827. The molecule has 2 heterocycles. The molecule has 8 heteroatoms. The molecular formula is C15H11F4N3O. The van der Waals surface area contributed by atoms with Crippen LogP contribution in [-0.4, -0.2) is 21.0 Å². The Hall–Kier alpha value is -2.64. The van der Waals surface area contributed by atoms with E-state index in [-0.39, 0.29) is 11.3 Å². The molecule has 0 saturated carbocycles. The average Bonchev–Trinajstić information content (AvgIpc) is 2.93. The number of benzene rings is 1. The van der Waals surface area contributed by atoms with E-state index in [1.54, 1.807) is 19.1 Å². The zero-order chi connectivity index (χ0) is 16.6. The van der Waals surface area contributed by atoms with Crippen molar-refractivity contribution >= 4 is 5.65 Å². The molecule has 23 heavy (non-hydrogen) atoms. The minimum absolute atomic E-state index is 0.196. The highest BCUT2D eigenvalue weighted by atomic mass is 19.4. The Kier molecular flexibility index (Phi) is 3.67. The second-order valence-electron chi connectivity index (χ2n) is 4.97. The third-order valence-electron chi connectivity index (χ3n) is 3.22. The molecule has 0 aliphatic rings. The number of rotatable bonds is 3. The van der Waals surface area contributed by atoms with Crippen molar-refractivity contribution in [2.24, 2.45) is 0 Å². The lowest BCUT2D eigenvalue weighted by Crippen LogP contribution is -2.17. The molecule has 0 bridgehead atoms. The van der Waals surface area contributed by atoms with Crippen molar-refractivity contribution in [2.75, 3.05) is 0 Å². The minimum Gasteiger partial charge on any atom is -0.406 e. The van der Waals surface area contributed by atoms with Gasteiger partial charge in [-0.3, -0.25) is 0 Å². The molecule has 0 amide bonds. The average molecular weight is 325 g/mol. The number of alkyl halides is 4. The number of pyridine rings is 1. The number of hydrogen-bond acceptors (Lipinski definition) is 3. The second-order valence-corrected chi connectivity index (χ2v) is 4.97. The molecule has 0 radical (unpaired) electrons. The fraction of sp³-hybridized carbons (Fsp3) is 0.200. The zero-order valence-electron chi connectivity index (χ0n) is 11.9. The van der Waals surface area contributed by atoms with Crippen molar-refractivity contribution in [1.29, 1.82) is 0 Å². The maximum atomic E-state index is 14.8. The Morgan fingerprint density at radius 1 is 1.13 bits per heavy atom. The first-order valence-corrected chi connectivity index (χ1v) is 6.63. The highest BCUT2D eigenvalue weighted by Gasteiger charge is 2.31. The highest BCUT2D eigenvalue weighted by Crippen LogP contribution is 2.30. The lowest BCUT2D eigenvalue weighted by atomic mass is 10.1. The summed E-state index contributed by atoms with van der Waals surface area (Å²) in [5, 5.41) is 3.96. The molecule has 0 N–H and O–H groups in total. The van der Waals surface area contributed by atoms with Gasteiger partial charge in [-0.15, -0.1) is 13.2 Å². The van der Waals surface area contributed by atoms with Crippen LogP contribution in [-0.2, 0) is 0 Å². The highest BCUT2D eigenvalue weighted by molar-refractivity contribution is 5.44. The van der Waals surface area contributed by atoms with Gasteiger partial charge in [0.1, 0.15) is 12.1 Å².